The van der Waals surface area contributed by atoms with Crippen molar-refractivity contribution in [1.29, 1.82) is 0 Å². The normalized spacial score (nSPS) is 11.8. The van der Waals surface area contributed by atoms with Crippen molar-refractivity contribution in [2.45, 2.75) is 46.6 Å². The Morgan fingerprint density at radius 2 is 2.21 bits per heavy atom. The number of carbonyl (C=O) groups is 1. The first-order valence-corrected chi connectivity index (χ1v) is 6.98. The van der Waals surface area contributed by atoms with Crippen LogP contribution in [0.4, 0.5) is 0 Å². The third-order valence-corrected chi connectivity index (χ3v) is 3.39. The molecule has 1 amide bonds. The van der Waals surface area contributed by atoms with Crippen molar-refractivity contribution in [2.75, 3.05) is 6.54 Å². The Kier molecular flexibility index (Phi) is 5.82. The van der Waals surface area contributed by atoms with E-state index in [1.807, 2.05) is 13.8 Å². The number of unbranched alkanes of at least 4 members (excludes halogenated alkanes) is 1. The predicted molar refractivity (Wildman–Crippen MR) is 76.9 cm³/mol. The van der Waals surface area contributed by atoms with Gasteiger partial charge in [0, 0.05) is 19.5 Å². The zero-order valence-corrected chi connectivity index (χ0v) is 12.6. The molecule has 0 spiro atoms. The highest BCUT2D eigenvalue weighted by atomic mass is 35.5. The van der Waals surface area contributed by atoms with E-state index in [0.717, 1.165) is 30.8 Å². The van der Waals surface area contributed by atoms with Crippen LogP contribution in [0, 0.1) is 5.41 Å². The van der Waals surface area contributed by atoms with E-state index in [4.69, 9.17) is 17.3 Å². The lowest BCUT2D eigenvalue weighted by molar-refractivity contribution is -0.125. The summed E-state index contributed by atoms with van der Waals surface area (Å²) in [6.45, 7) is 6.81. The monoisotopic (exact) mass is 286 g/mol. The summed E-state index contributed by atoms with van der Waals surface area (Å²) in [7, 11) is 0. The molecule has 0 aliphatic heterocycles. The SMILES string of the molecule is CCCCc1nc(Cl)c(CNCC(C)(C)C(N)=O)[nH]1. The van der Waals surface area contributed by atoms with Crippen LogP contribution in [-0.4, -0.2) is 22.4 Å². The van der Waals surface area contributed by atoms with Crippen LogP contribution < -0.4 is 11.1 Å². The van der Waals surface area contributed by atoms with Crippen molar-refractivity contribution >= 4 is 17.5 Å². The topological polar surface area (TPSA) is 83.8 Å². The number of aryl methyl sites for hydroxylation is 1. The van der Waals surface area contributed by atoms with Crippen molar-refractivity contribution < 1.29 is 4.79 Å². The van der Waals surface area contributed by atoms with Gasteiger partial charge in [-0.2, -0.15) is 0 Å². The minimum absolute atomic E-state index is 0.320. The summed E-state index contributed by atoms with van der Waals surface area (Å²) in [5.41, 5.74) is 5.60. The molecule has 6 heteroatoms. The second-order valence-electron chi connectivity index (χ2n) is 5.41. The second-order valence-corrected chi connectivity index (χ2v) is 5.77. The molecule has 0 saturated carbocycles. The van der Waals surface area contributed by atoms with Crippen LogP contribution in [-0.2, 0) is 17.8 Å². The number of primary amides is 1. The number of rotatable bonds is 8. The summed E-state index contributed by atoms with van der Waals surface area (Å²) in [6.07, 6.45) is 3.12. The van der Waals surface area contributed by atoms with Crippen molar-refractivity contribution in [1.82, 2.24) is 15.3 Å². The lowest BCUT2D eigenvalue weighted by Gasteiger charge is -2.20. The van der Waals surface area contributed by atoms with E-state index in [0.29, 0.717) is 18.2 Å². The zero-order valence-electron chi connectivity index (χ0n) is 11.8. The lowest BCUT2D eigenvalue weighted by atomic mass is 9.93. The fourth-order valence-corrected chi connectivity index (χ4v) is 1.82. The Morgan fingerprint density at radius 1 is 1.53 bits per heavy atom. The largest absolute Gasteiger partial charge is 0.369 e. The predicted octanol–water partition coefficient (Wildman–Crippen LogP) is 2.01. The fourth-order valence-electron chi connectivity index (χ4n) is 1.61. The fraction of sp³-hybridized carbons (Fsp3) is 0.692. The number of aromatic nitrogens is 2. The van der Waals surface area contributed by atoms with Gasteiger partial charge < -0.3 is 16.0 Å². The van der Waals surface area contributed by atoms with Gasteiger partial charge in [0.05, 0.1) is 11.1 Å². The van der Waals surface area contributed by atoms with Crippen molar-refractivity contribution in [3.8, 4) is 0 Å². The maximum Gasteiger partial charge on any atom is 0.224 e. The molecule has 0 aliphatic rings. The maximum absolute atomic E-state index is 11.2. The third-order valence-electron chi connectivity index (χ3n) is 3.08. The van der Waals surface area contributed by atoms with E-state index < -0.39 is 5.41 Å². The van der Waals surface area contributed by atoms with E-state index in [-0.39, 0.29) is 5.91 Å². The Labute approximate surface area is 119 Å². The summed E-state index contributed by atoms with van der Waals surface area (Å²) in [5, 5.41) is 3.67. The molecule has 0 unspecified atom stereocenters. The Balaban J connectivity index is 2.49. The molecule has 0 atom stereocenters. The minimum Gasteiger partial charge on any atom is -0.369 e. The Morgan fingerprint density at radius 3 is 2.79 bits per heavy atom. The molecule has 108 valence electrons. The van der Waals surface area contributed by atoms with Crippen LogP contribution in [0.1, 0.15) is 45.1 Å². The molecular formula is C13H23ClN4O. The van der Waals surface area contributed by atoms with Crippen LogP contribution in [0.25, 0.3) is 0 Å². The van der Waals surface area contributed by atoms with Gasteiger partial charge >= 0.3 is 0 Å². The number of H-pyrrole nitrogens is 1. The zero-order chi connectivity index (χ0) is 14.5. The Hall–Kier alpha value is -1.07. The number of nitrogens with one attached hydrogen (secondary N) is 2. The van der Waals surface area contributed by atoms with Gasteiger partial charge in [0.1, 0.15) is 5.82 Å². The number of imidazole rings is 1. The first-order valence-electron chi connectivity index (χ1n) is 6.60. The lowest BCUT2D eigenvalue weighted by Crippen LogP contribution is -2.40. The summed E-state index contributed by atoms with van der Waals surface area (Å²) in [6, 6.07) is 0. The summed E-state index contributed by atoms with van der Waals surface area (Å²) in [5.74, 6) is 0.595. The van der Waals surface area contributed by atoms with E-state index in [9.17, 15) is 4.79 Å². The second kappa shape index (κ2) is 6.91. The van der Waals surface area contributed by atoms with Crippen LogP contribution in [0.3, 0.4) is 0 Å². The van der Waals surface area contributed by atoms with E-state index in [1.165, 1.54) is 0 Å². The van der Waals surface area contributed by atoms with Gasteiger partial charge in [-0.3, -0.25) is 4.79 Å². The number of hydrogen-bond donors (Lipinski definition) is 3. The standard InChI is InChI=1S/C13H23ClN4O/c1-4-5-6-10-17-9(11(14)18-10)7-16-8-13(2,3)12(15)19/h16H,4-8H2,1-3H3,(H2,15,19)(H,17,18). The molecule has 0 saturated heterocycles. The first-order chi connectivity index (χ1) is 8.86. The number of hydrogen-bond acceptors (Lipinski definition) is 3. The average molecular weight is 287 g/mol. The summed E-state index contributed by atoms with van der Waals surface area (Å²) >= 11 is 6.06. The van der Waals surface area contributed by atoms with E-state index in [2.05, 4.69) is 22.2 Å². The van der Waals surface area contributed by atoms with Crippen LogP contribution >= 0.6 is 11.6 Å². The van der Waals surface area contributed by atoms with Gasteiger partial charge in [-0.15, -0.1) is 0 Å². The van der Waals surface area contributed by atoms with Gasteiger partial charge in [-0.25, -0.2) is 4.98 Å². The van der Waals surface area contributed by atoms with Crippen molar-refractivity contribution in [3.63, 3.8) is 0 Å². The molecule has 1 rings (SSSR count). The molecule has 0 aliphatic carbocycles. The number of aromatic amines is 1. The molecule has 0 fully saturated rings. The highest BCUT2D eigenvalue weighted by Crippen LogP contribution is 2.16. The number of amides is 1. The van der Waals surface area contributed by atoms with Crippen LogP contribution in [0.15, 0.2) is 0 Å². The highest BCUT2D eigenvalue weighted by molar-refractivity contribution is 6.30. The van der Waals surface area contributed by atoms with Crippen molar-refractivity contribution in [2.24, 2.45) is 11.1 Å². The summed E-state index contributed by atoms with van der Waals surface area (Å²) in [4.78, 5) is 18.7. The van der Waals surface area contributed by atoms with Crippen molar-refractivity contribution in [3.05, 3.63) is 16.7 Å². The molecule has 0 aromatic carbocycles. The van der Waals surface area contributed by atoms with Crippen LogP contribution in [0.5, 0.6) is 0 Å². The number of carbonyl (C=O) groups excluding carboxylic acids is 1. The van der Waals surface area contributed by atoms with Gasteiger partial charge in [0.15, 0.2) is 5.15 Å². The van der Waals surface area contributed by atoms with E-state index in [1.54, 1.807) is 0 Å². The van der Waals surface area contributed by atoms with Gasteiger partial charge in [0.2, 0.25) is 5.91 Å². The summed E-state index contributed by atoms with van der Waals surface area (Å²) < 4.78 is 0. The molecule has 1 aromatic rings. The molecular weight excluding hydrogens is 264 g/mol. The number of nitrogens with zero attached hydrogens (tertiary/aromatic N) is 1. The maximum atomic E-state index is 11.2. The Bertz CT molecular complexity index is 428. The molecule has 19 heavy (non-hydrogen) atoms. The van der Waals surface area contributed by atoms with E-state index >= 15 is 0 Å². The first kappa shape index (κ1) is 16.0. The van der Waals surface area contributed by atoms with Crippen LogP contribution in [0.2, 0.25) is 5.15 Å². The molecule has 4 N–H and O–H groups in total. The number of halogens is 1. The average Bonchev–Trinajstić information content (AvgIpc) is 2.67. The number of nitrogens with two attached hydrogens (primary N) is 1. The van der Waals surface area contributed by atoms with Gasteiger partial charge in [-0.05, 0) is 20.3 Å². The molecule has 0 radical (unpaired) electrons. The highest BCUT2D eigenvalue weighted by Gasteiger charge is 2.24. The van der Waals surface area contributed by atoms with Gasteiger partial charge in [0.25, 0.3) is 0 Å². The molecule has 0 bridgehead atoms. The molecule has 1 aromatic heterocycles. The molecule has 1 heterocycles. The third kappa shape index (κ3) is 4.84. The smallest absolute Gasteiger partial charge is 0.224 e. The molecule has 5 nitrogen and oxygen atoms in total. The minimum atomic E-state index is -0.572. The van der Waals surface area contributed by atoms with Gasteiger partial charge in [-0.1, -0.05) is 24.9 Å². The quantitative estimate of drug-likeness (QED) is 0.683.